The predicted molar refractivity (Wildman–Crippen MR) is 127 cm³/mol. The summed E-state index contributed by atoms with van der Waals surface area (Å²) in [5.74, 6) is -0.126. The number of rotatable bonds is 27. The first-order valence-corrected chi connectivity index (χ1v) is 12.9. The third kappa shape index (κ3) is 27.3. The van der Waals surface area contributed by atoms with Crippen LogP contribution in [0, 0.1) is 0 Å². The van der Waals surface area contributed by atoms with Gasteiger partial charge in [-0.2, -0.15) is 0 Å². The topological polar surface area (TPSA) is 72.5 Å². The van der Waals surface area contributed by atoms with Crippen LogP contribution in [0.25, 0.3) is 0 Å². The zero-order chi connectivity index (χ0) is 23.4. The molecule has 0 saturated heterocycles. The van der Waals surface area contributed by atoms with Crippen LogP contribution in [0.1, 0.15) is 84.5 Å². The largest absolute Gasteiger partial charge is 0.463 e. The highest BCUT2D eigenvalue weighted by molar-refractivity contribution is 5.69. The first-order valence-electron chi connectivity index (χ1n) is 12.9. The molecule has 0 amide bonds. The fourth-order valence-corrected chi connectivity index (χ4v) is 2.95. The van der Waals surface area contributed by atoms with Gasteiger partial charge in [-0.1, -0.05) is 65.2 Å². The second-order valence-electron chi connectivity index (χ2n) is 7.86. The Kier molecular flexibility index (Phi) is 27.7. The minimum atomic E-state index is -0.126. The molecule has 0 spiro atoms. The van der Waals surface area contributed by atoms with Gasteiger partial charge in [-0.15, -0.1) is 0 Å². The van der Waals surface area contributed by atoms with Crippen LogP contribution in [0.5, 0.6) is 0 Å². The minimum Gasteiger partial charge on any atom is -0.463 e. The van der Waals surface area contributed by atoms with Gasteiger partial charge in [0, 0.05) is 13.0 Å². The SMILES string of the molecule is CCCCCCCCCC(=O)OCCOCCOCCOCCOCCOCCCCC. The Morgan fingerprint density at radius 2 is 0.812 bits per heavy atom. The Bertz CT molecular complexity index is 366. The Morgan fingerprint density at radius 1 is 0.438 bits per heavy atom. The molecule has 0 aromatic carbocycles. The molecule has 0 fully saturated rings. The highest BCUT2D eigenvalue weighted by Crippen LogP contribution is 2.08. The number of unbranched alkanes of at least 4 members (excludes halogenated alkanes) is 8. The lowest BCUT2D eigenvalue weighted by Gasteiger charge is -2.08. The van der Waals surface area contributed by atoms with Crippen LogP contribution in [0.4, 0.5) is 0 Å². The van der Waals surface area contributed by atoms with Crippen LogP contribution in [0.2, 0.25) is 0 Å². The van der Waals surface area contributed by atoms with E-state index in [1.807, 2.05) is 0 Å². The summed E-state index contributed by atoms with van der Waals surface area (Å²) >= 11 is 0. The van der Waals surface area contributed by atoms with E-state index in [4.69, 9.17) is 28.4 Å². The molecule has 0 aromatic rings. The van der Waals surface area contributed by atoms with Crippen molar-refractivity contribution in [3.8, 4) is 0 Å². The normalized spacial score (nSPS) is 11.2. The maximum absolute atomic E-state index is 11.6. The molecule has 0 heterocycles. The standard InChI is InChI=1S/C25H50O7/c1-3-5-7-8-9-10-11-13-25(26)32-24-23-31-22-21-30-20-19-29-18-17-28-16-15-27-14-12-6-4-2/h3-24H2,1-2H3. The molecule has 7 nitrogen and oxygen atoms in total. The van der Waals surface area contributed by atoms with E-state index >= 15 is 0 Å². The van der Waals surface area contributed by atoms with Crippen LogP contribution in [0.15, 0.2) is 0 Å². The van der Waals surface area contributed by atoms with Crippen molar-refractivity contribution in [1.29, 1.82) is 0 Å². The summed E-state index contributed by atoms with van der Waals surface area (Å²) in [7, 11) is 0. The number of carbonyl (C=O) groups is 1. The smallest absolute Gasteiger partial charge is 0.305 e. The van der Waals surface area contributed by atoms with Gasteiger partial charge in [-0.3, -0.25) is 4.79 Å². The molecule has 0 radical (unpaired) electrons. The Morgan fingerprint density at radius 3 is 1.31 bits per heavy atom. The molecule has 7 heteroatoms. The monoisotopic (exact) mass is 462 g/mol. The summed E-state index contributed by atoms with van der Waals surface area (Å²) < 4.78 is 32.4. The van der Waals surface area contributed by atoms with Crippen molar-refractivity contribution in [1.82, 2.24) is 0 Å². The van der Waals surface area contributed by atoms with E-state index < -0.39 is 0 Å². The molecule has 0 bridgehead atoms. The molecule has 32 heavy (non-hydrogen) atoms. The van der Waals surface area contributed by atoms with Gasteiger partial charge in [0.05, 0.1) is 59.5 Å². The lowest BCUT2D eigenvalue weighted by atomic mass is 10.1. The lowest BCUT2D eigenvalue weighted by Crippen LogP contribution is -2.15. The number of carbonyl (C=O) groups excluding carboxylic acids is 1. The van der Waals surface area contributed by atoms with Crippen molar-refractivity contribution in [3.63, 3.8) is 0 Å². The van der Waals surface area contributed by atoms with Gasteiger partial charge >= 0.3 is 5.97 Å². The summed E-state index contributed by atoms with van der Waals surface area (Å²) in [6.07, 6.45) is 12.5. The van der Waals surface area contributed by atoms with Crippen LogP contribution in [0.3, 0.4) is 0 Å². The molecule has 0 saturated carbocycles. The Hall–Kier alpha value is -0.730. The molecule has 192 valence electrons. The van der Waals surface area contributed by atoms with Gasteiger partial charge in [0.15, 0.2) is 0 Å². The van der Waals surface area contributed by atoms with Crippen molar-refractivity contribution in [2.45, 2.75) is 84.5 Å². The van der Waals surface area contributed by atoms with E-state index in [2.05, 4.69) is 13.8 Å². The Balaban J connectivity index is 3.10. The number of hydrogen-bond donors (Lipinski definition) is 0. The molecule has 0 aliphatic carbocycles. The summed E-state index contributed by atoms with van der Waals surface area (Å²) in [5.41, 5.74) is 0. The first-order chi connectivity index (χ1) is 15.8. The van der Waals surface area contributed by atoms with Gasteiger partial charge in [0.25, 0.3) is 0 Å². The fourth-order valence-electron chi connectivity index (χ4n) is 2.95. The van der Waals surface area contributed by atoms with Crippen LogP contribution < -0.4 is 0 Å². The molecule has 0 rings (SSSR count). The van der Waals surface area contributed by atoms with E-state index in [0.29, 0.717) is 72.5 Å². The van der Waals surface area contributed by atoms with Gasteiger partial charge in [0.1, 0.15) is 6.61 Å². The van der Waals surface area contributed by atoms with Crippen LogP contribution >= 0.6 is 0 Å². The van der Waals surface area contributed by atoms with E-state index in [1.165, 1.54) is 44.9 Å². The number of esters is 1. The molecule has 0 N–H and O–H groups in total. The highest BCUT2D eigenvalue weighted by Gasteiger charge is 2.02. The molecule has 0 unspecified atom stereocenters. The lowest BCUT2D eigenvalue weighted by molar-refractivity contribution is -0.145. The quantitative estimate of drug-likeness (QED) is 0.126. The van der Waals surface area contributed by atoms with E-state index in [-0.39, 0.29) is 5.97 Å². The zero-order valence-electron chi connectivity index (χ0n) is 20.9. The summed E-state index contributed by atoms with van der Waals surface area (Å²) in [4.78, 5) is 11.6. The Labute approximate surface area is 196 Å². The zero-order valence-corrected chi connectivity index (χ0v) is 20.9. The van der Waals surface area contributed by atoms with Gasteiger partial charge in [-0.05, 0) is 12.8 Å². The van der Waals surface area contributed by atoms with Gasteiger partial charge < -0.3 is 28.4 Å². The van der Waals surface area contributed by atoms with E-state index in [1.54, 1.807) is 0 Å². The van der Waals surface area contributed by atoms with E-state index in [0.717, 1.165) is 25.9 Å². The number of ether oxygens (including phenoxy) is 6. The van der Waals surface area contributed by atoms with Gasteiger partial charge in [0.2, 0.25) is 0 Å². The van der Waals surface area contributed by atoms with E-state index in [9.17, 15) is 4.79 Å². The minimum absolute atomic E-state index is 0.126. The van der Waals surface area contributed by atoms with Crippen molar-refractivity contribution in [2.24, 2.45) is 0 Å². The average Bonchev–Trinajstić information content (AvgIpc) is 2.80. The third-order valence-electron chi connectivity index (χ3n) is 4.86. The maximum atomic E-state index is 11.6. The first kappa shape index (κ1) is 31.3. The van der Waals surface area contributed by atoms with Crippen molar-refractivity contribution < 1.29 is 33.2 Å². The summed E-state index contributed by atoms with van der Waals surface area (Å²) in [5, 5.41) is 0. The summed E-state index contributed by atoms with van der Waals surface area (Å²) in [6.45, 7) is 10.4. The molecule has 0 aromatic heterocycles. The summed E-state index contributed by atoms with van der Waals surface area (Å²) in [6, 6.07) is 0. The molecule has 0 aliphatic rings. The molecule has 0 aliphatic heterocycles. The van der Waals surface area contributed by atoms with Crippen LogP contribution in [-0.2, 0) is 33.2 Å². The predicted octanol–water partition coefficient (Wildman–Crippen LogP) is 4.94. The average molecular weight is 463 g/mol. The third-order valence-corrected chi connectivity index (χ3v) is 4.86. The maximum Gasteiger partial charge on any atom is 0.305 e. The molecule has 0 atom stereocenters. The van der Waals surface area contributed by atoms with Crippen LogP contribution in [-0.4, -0.2) is 78.6 Å². The second-order valence-corrected chi connectivity index (χ2v) is 7.86. The van der Waals surface area contributed by atoms with Crippen molar-refractivity contribution in [3.05, 3.63) is 0 Å². The van der Waals surface area contributed by atoms with Crippen molar-refractivity contribution >= 4 is 5.97 Å². The molecular formula is C25H50O7. The second kappa shape index (κ2) is 28.3. The number of hydrogen-bond acceptors (Lipinski definition) is 7. The fraction of sp³-hybridized carbons (Fsp3) is 0.960. The van der Waals surface area contributed by atoms with Gasteiger partial charge in [-0.25, -0.2) is 0 Å². The highest BCUT2D eigenvalue weighted by atomic mass is 16.6. The molecular weight excluding hydrogens is 412 g/mol. The van der Waals surface area contributed by atoms with Crippen molar-refractivity contribution in [2.75, 3.05) is 72.7 Å².